The van der Waals surface area contributed by atoms with Gasteiger partial charge in [0.05, 0.1) is 0 Å². The van der Waals surface area contributed by atoms with E-state index in [0.717, 1.165) is 5.56 Å². The van der Waals surface area contributed by atoms with Gasteiger partial charge in [0, 0.05) is 5.02 Å². The lowest BCUT2D eigenvalue weighted by molar-refractivity contribution is 0.627. The van der Waals surface area contributed by atoms with Crippen LogP contribution in [0.1, 0.15) is 12.5 Å². The Morgan fingerprint density at radius 1 is 1.36 bits per heavy atom. The molecular weight excluding hydrogens is 163 g/mol. The molecule has 0 saturated carbocycles. The topological polar surface area (TPSA) is 0 Å². The predicted octanol–water partition coefficient (Wildman–Crippen LogP) is 3.51. The van der Waals surface area contributed by atoms with Crippen LogP contribution in [0.25, 0.3) is 6.08 Å². The lowest BCUT2D eigenvalue weighted by atomic mass is 10.2. The van der Waals surface area contributed by atoms with Gasteiger partial charge in [0.2, 0.25) is 0 Å². The van der Waals surface area contributed by atoms with Crippen LogP contribution in [-0.2, 0) is 0 Å². The van der Waals surface area contributed by atoms with E-state index in [1.54, 1.807) is 12.1 Å². The van der Waals surface area contributed by atoms with Crippen LogP contribution in [0.15, 0.2) is 24.3 Å². The Kier molecular flexibility index (Phi) is 2.66. The van der Waals surface area contributed by atoms with Gasteiger partial charge in [0.15, 0.2) is 0 Å². The molecule has 11 heavy (non-hydrogen) atoms. The van der Waals surface area contributed by atoms with Gasteiger partial charge in [-0.25, -0.2) is 4.39 Å². The van der Waals surface area contributed by atoms with Gasteiger partial charge >= 0.3 is 0 Å². The molecule has 0 N–H and O–H groups in total. The van der Waals surface area contributed by atoms with Gasteiger partial charge in [-0.15, -0.1) is 0 Å². The Morgan fingerprint density at radius 2 is 2.09 bits per heavy atom. The highest BCUT2D eigenvalue weighted by Gasteiger charge is 1.94. The smallest absolute Gasteiger partial charge is 0.125 e. The number of hydrogen-bond acceptors (Lipinski definition) is 0. The molecule has 58 valence electrons. The van der Waals surface area contributed by atoms with Crippen molar-refractivity contribution in [2.45, 2.75) is 6.92 Å². The highest BCUT2D eigenvalue weighted by molar-refractivity contribution is 6.30. The van der Waals surface area contributed by atoms with E-state index >= 15 is 0 Å². The number of halogens is 2. The fraction of sp³-hybridized carbons (Fsp3) is 0.111. The summed E-state index contributed by atoms with van der Waals surface area (Å²) in [5.41, 5.74) is 0.789. The van der Waals surface area contributed by atoms with Gasteiger partial charge in [-0.1, -0.05) is 23.8 Å². The van der Waals surface area contributed by atoms with E-state index in [-0.39, 0.29) is 5.82 Å². The van der Waals surface area contributed by atoms with Crippen LogP contribution in [0.2, 0.25) is 5.02 Å². The average molecular weight is 171 g/mol. The summed E-state index contributed by atoms with van der Waals surface area (Å²) in [6, 6.07) is 4.44. The molecule has 0 nitrogen and oxygen atoms in total. The third kappa shape index (κ3) is 2.35. The molecule has 1 aromatic carbocycles. The monoisotopic (exact) mass is 170 g/mol. The first kappa shape index (κ1) is 8.28. The zero-order valence-electron chi connectivity index (χ0n) is 6.14. The SMILES string of the molecule is CC=Cc1cc(F)cc(Cl)c1. The summed E-state index contributed by atoms with van der Waals surface area (Å²) in [6.07, 6.45) is 3.64. The van der Waals surface area contributed by atoms with Crippen molar-refractivity contribution in [1.29, 1.82) is 0 Å². The summed E-state index contributed by atoms with van der Waals surface area (Å²) in [5, 5.41) is 0.429. The van der Waals surface area contributed by atoms with Gasteiger partial charge in [-0.05, 0) is 30.7 Å². The molecule has 0 aliphatic carbocycles. The quantitative estimate of drug-likeness (QED) is 0.605. The lowest BCUT2D eigenvalue weighted by Gasteiger charge is -1.94. The summed E-state index contributed by atoms with van der Waals surface area (Å²) in [4.78, 5) is 0. The third-order valence-corrected chi connectivity index (χ3v) is 1.46. The van der Waals surface area contributed by atoms with Crippen molar-refractivity contribution in [3.05, 3.63) is 40.7 Å². The number of hydrogen-bond donors (Lipinski definition) is 0. The van der Waals surface area contributed by atoms with Gasteiger partial charge in [-0.3, -0.25) is 0 Å². The molecule has 0 radical (unpaired) electrons. The molecule has 0 amide bonds. The van der Waals surface area contributed by atoms with Crippen molar-refractivity contribution in [2.24, 2.45) is 0 Å². The van der Waals surface area contributed by atoms with E-state index in [9.17, 15) is 4.39 Å². The Hall–Kier alpha value is -0.820. The molecular formula is C9H8ClF. The van der Waals surface area contributed by atoms with E-state index in [0.29, 0.717) is 5.02 Å². The maximum atomic E-state index is 12.6. The predicted molar refractivity (Wildman–Crippen MR) is 46.1 cm³/mol. The van der Waals surface area contributed by atoms with Gasteiger partial charge < -0.3 is 0 Å². The van der Waals surface area contributed by atoms with E-state index in [1.165, 1.54) is 12.1 Å². The highest BCUT2D eigenvalue weighted by atomic mass is 35.5. The van der Waals surface area contributed by atoms with Crippen molar-refractivity contribution >= 4 is 17.7 Å². The zero-order valence-corrected chi connectivity index (χ0v) is 6.90. The first-order chi connectivity index (χ1) is 5.22. The van der Waals surface area contributed by atoms with E-state index < -0.39 is 0 Å². The molecule has 2 heteroatoms. The maximum absolute atomic E-state index is 12.6. The maximum Gasteiger partial charge on any atom is 0.125 e. The Bertz CT molecular complexity index is 259. The molecule has 0 saturated heterocycles. The number of rotatable bonds is 1. The van der Waals surface area contributed by atoms with E-state index in [4.69, 9.17) is 11.6 Å². The minimum Gasteiger partial charge on any atom is -0.207 e. The van der Waals surface area contributed by atoms with Crippen LogP contribution in [-0.4, -0.2) is 0 Å². The zero-order chi connectivity index (χ0) is 8.27. The Labute approximate surface area is 70.3 Å². The second-order valence-corrected chi connectivity index (χ2v) is 2.64. The molecule has 0 fully saturated rings. The molecule has 1 aromatic rings. The Morgan fingerprint density at radius 3 is 2.64 bits per heavy atom. The molecule has 0 spiro atoms. The van der Waals surface area contributed by atoms with Crippen molar-refractivity contribution < 1.29 is 4.39 Å². The molecule has 0 aromatic heterocycles. The third-order valence-electron chi connectivity index (χ3n) is 1.24. The molecule has 0 bridgehead atoms. The summed E-state index contributed by atoms with van der Waals surface area (Å²) >= 11 is 5.61. The standard InChI is InChI=1S/C9H8ClF/c1-2-3-7-4-8(10)6-9(11)5-7/h2-6H,1H3. The first-order valence-electron chi connectivity index (χ1n) is 3.31. The molecule has 0 unspecified atom stereocenters. The van der Waals surface area contributed by atoms with Crippen LogP contribution >= 0.6 is 11.6 Å². The average Bonchev–Trinajstić information content (AvgIpc) is 1.85. The Balaban J connectivity index is 3.08. The second kappa shape index (κ2) is 3.54. The van der Waals surface area contributed by atoms with Crippen LogP contribution in [0.3, 0.4) is 0 Å². The summed E-state index contributed by atoms with van der Waals surface area (Å²) in [6.45, 7) is 1.87. The minimum absolute atomic E-state index is 0.300. The van der Waals surface area contributed by atoms with E-state index in [2.05, 4.69) is 0 Å². The van der Waals surface area contributed by atoms with Crippen LogP contribution < -0.4 is 0 Å². The summed E-state index contributed by atoms with van der Waals surface area (Å²) in [7, 11) is 0. The van der Waals surface area contributed by atoms with Crippen molar-refractivity contribution in [2.75, 3.05) is 0 Å². The minimum atomic E-state index is -0.300. The van der Waals surface area contributed by atoms with Crippen molar-refractivity contribution in [3.63, 3.8) is 0 Å². The molecule has 0 aliphatic heterocycles. The largest absolute Gasteiger partial charge is 0.207 e. The second-order valence-electron chi connectivity index (χ2n) is 2.20. The van der Waals surface area contributed by atoms with Gasteiger partial charge in [-0.2, -0.15) is 0 Å². The lowest BCUT2D eigenvalue weighted by Crippen LogP contribution is -1.76. The summed E-state index contributed by atoms with van der Waals surface area (Å²) < 4.78 is 12.6. The normalized spacial score (nSPS) is 10.8. The molecule has 1 rings (SSSR count). The van der Waals surface area contributed by atoms with Crippen LogP contribution in [0.5, 0.6) is 0 Å². The van der Waals surface area contributed by atoms with Crippen LogP contribution in [0.4, 0.5) is 4.39 Å². The van der Waals surface area contributed by atoms with E-state index in [1.807, 2.05) is 13.0 Å². The number of allylic oxidation sites excluding steroid dienone is 1. The molecule has 0 atom stereocenters. The van der Waals surface area contributed by atoms with Crippen LogP contribution in [0, 0.1) is 5.82 Å². The van der Waals surface area contributed by atoms with Gasteiger partial charge in [0.25, 0.3) is 0 Å². The highest BCUT2D eigenvalue weighted by Crippen LogP contribution is 2.14. The molecule has 0 heterocycles. The number of benzene rings is 1. The van der Waals surface area contributed by atoms with Gasteiger partial charge in [0.1, 0.15) is 5.82 Å². The molecule has 0 aliphatic rings. The van der Waals surface area contributed by atoms with Crippen molar-refractivity contribution in [1.82, 2.24) is 0 Å². The summed E-state index contributed by atoms with van der Waals surface area (Å²) in [5.74, 6) is -0.300. The fourth-order valence-corrected chi connectivity index (χ4v) is 1.09. The van der Waals surface area contributed by atoms with Crippen molar-refractivity contribution in [3.8, 4) is 0 Å². The fourth-order valence-electron chi connectivity index (χ4n) is 0.864. The first-order valence-corrected chi connectivity index (χ1v) is 3.69.